The van der Waals surface area contributed by atoms with Crippen LogP contribution in [0.25, 0.3) is 0 Å². The van der Waals surface area contributed by atoms with Crippen LogP contribution in [0, 0.1) is 5.82 Å². The second kappa shape index (κ2) is 9.51. The van der Waals surface area contributed by atoms with Crippen LogP contribution in [0.15, 0.2) is 48.5 Å². The van der Waals surface area contributed by atoms with Gasteiger partial charge in [-0.1, -0.05) is 36.4 Å². The predicted octanol–water partition coefficient (Wildman–Crippen LogP) is 4.37. The molecule has 2 aliphatic heterocycles. The molecule has 2 aliphatic rings. The molecule has 7 heteroatoms. The van der Waals surface area contributed by atoms with Gasteiger partial charge in [0.1, 0.15) is 17.5 Å². The number of carbonyl (C=O) groups is 2. The van der Waals surface area contributed by atoms with Crippen molar-refractivity contribution in [1.29, 1.82) is 0 Å². The van der Waals surface area contributed by atoms with E-state index in [1.807, 2.05) is 43.9 Å². The lowest BCUT2D eigenvalue weighted by molar-refractivity contribution is -0.149. The fraction of sp³-hybridized carbons (Fsp3) is 0.462. The number of ether oxygens (including phenoxy) is 2. The first-order valence-electron chi connectivity index (χ1n) is 11.5. The van der Waals surface area contributed by atoms with Crippen LogP contribution in [0.4, 0.5) is 9.18 Å². The third-order valence-corrected chi connectivity index (χ3v) is 6.02. The van der Waals surface area contributed by atoms with Crippen LogP contribution in [-0.4, -0.2) is 47.8 Å². The number of fused-ring (bicyclic) bond motifs is 1. The SMILES string of the molecule is CC(C)(C)OC(=O)NC1CCC(C(=O)N2CCc3ccccc3[C@@H]2c2ccc(F)cc2)OC1. The number of benzene rings is 2. The Kier molecular flexibility index (Phi) is 6.70. The highest BCUT2D eigenvalue weighted by atomic mass is 19.1. The van der Waals surface area contributed by atoms with Gasteiger partial charge in [-0.2, -0.15) is 0 Å². The maximum atomic E-state index is 13.6. The Labute approximate surface area is 194 Å². The number of halogens is 1. The van der Waals surface area contributed by atoms with Crippen molar-refractivity contribution in [2.75, 3.05) is 13.2 Å². The zero-order chi connectivity index (χ0) is 23.6. The highest BCUT2D eigenvalue weighted by Gasteiger charge is 2.37. The van der Waals surface area contributed by atoms with Crippen molar-refractivity contribution in [1.82, 2.24) is 10.2 Å². The van der Waals surface area contributed by atoms with Crippen molar-refractivity contribution >= 4 is 12.0 Å². The lowest BCUT2D eigenvalue weighted by atomic mass is 9.87. The summed E-state index contributed by atoms with van der Waals surface area (Å²) in [5.41, 5.74) is 2.56. The molecule has 176 valence electrons. The Hall–Kier alpha value is -2.93. The Morgan fingerprint density at radius 1 is 1.09 bits per heavy atom. The first-order chi connectivity index (χ1) is 15.7. The molecule has 0 aromatic heterocycles. The molecule has 4 rings (SSSR count). The maximum absolute atomic E-state index is 13.6. The van der Waals surface area contributed by atoms with Gasteiger partial charge in [0.25, 0.3) is 5.91 Å². The second-order valence-corrected chi connectivity index (χ2v) is 9.68. The van der Waals surface area contributed by atoms with Gasteiger partial charge >= 0.3 is 6.09 Å². The van der Waals surface area contributed by atoms with Crippen LogP contribution in [0.2, 0.25) is 0 Å². The Bertz CT molecular complexity index is 994. The van der Waals surface area contributed by atoms with Gasteiger partial charge in [0.15, 0.2) is 0 Å². The molecular formula is C26H31FN2O4. The van der Waals surface area contributed by atoms with Gasteiger partial charge in [-0.25, -0.2) is 9.18 Å². The van der Waals surface area contributed by atoms with E-state index in [4.69, 9.17) is 9.47 Å². The minimum absolute atomic E-state index is 0.0745. The summed E-state index contributed by atoms with van der Waals surface area (Å²) in [6.45, 7) is 6.26. The van der Waals surface area contributed by atoms with Crippen molar-refractivity contribution < 1.29 is 23.5 Å². The van der Waals surface area contributed by atoms with Crippen LogP contribution in [-0.2, 0) is 20.7 Å². The maximum Gasteiger partial charge on any atom is 0.407 e. The zero-order valence-electron chi connectivity index (χ0n) is 19.3. The molecule has 2 amide bonds. The minimum Gasteiger partial charge on any atom is -0.444 e. The average Bonchev–Trinajstić information content (AvgIpc) is 2.78. The number of rotatable bonds is 3. The molecule has 2 aromatic carbocycles. The summed E-state index contributed by atoms with van der Waals surface area (Å²) in [7, 11) is 0. The van der Waals surface area contributed by atoms with E-state index >= 15 is 0 Å². The molecule has 2 aromatic rings. The standard InChI is InChI=1S/C26H31FN2O4/c1-26(2,3)33-25(31)28-20-12-13-22(32-16-20)24(30)29-15-14-17-6-4-5-7-21(17)23(29)18-8-10-19(27)11-9-18/h4-11,20,22-23H,12-16H2,1-3H3,(H,28,31)/t20?,22?,23-/m0/s1. The molecule has 33 heavy (non-hydrogen) atoms. The van der Waals surface area contributed by atoms with Crippen LogP contribution >= 0.6 is 0 Å². The van der Waals surface area contributed by atoms with Gasteiger partial charge in [0.05, 0.1) is 18.7 Å². The quantitative estimate of drug-likeness (QED) is 0.748. The molecule has 6 nitrogen and oxygen atoms in total. The monoisotopic (exact) mass is 454 g/mol. The van der Waals surface area contributed by atoms with E-state index in [0.29, 0.717) is 19.4 Å². The molecule has 3 atom stereocenters. The third-order valence-electron chi connectivity index (χ3n) is 6.02. The summed E-state index contributed by atoms with van der Waals surface area (Å²) < 4.78 is 24.8. The normalized spacial score (nSPS) is 22.9. The Morgan fingerprint density at radius 3 is 2.48 bits per heavy atom. The molecule has 0 spiro atoms. The molecule has 2 heterocycles. The van der Waals surface area contributed by atoms with Crippen molar-refractivity contribution in [3.63, 3.8) is 0 Å². The smallest absolute Gasteiger partial charge is 0.407 e. The molecule has 0 radical (unpaired) electrons. The number of amides is 2. The number of hydrogen-bond acceptors (Lipinski definition) is 4. The average molecular weight is 455 g/mol. The van der Waals surface area contributed by atoms with Crippen LogP contribution < -0.4 is 5.32 Å². The molecular weight excluding hydrogens is 423 g/mol. The van der Waals surface area contributed by atoms with Gasteiger partial charge < -0.3 is 19.7 Å². The van der Waals surface area contributed by atoms with E-state index in [-0.39, 0.29) is 30.4 Å². The number of alkyl carbamates (subject to hydrolysis) is 1. The predicted molar refractivity (Wildman–Crippen MR) is 122 cm³/mol. The van der Waals surface area contributed by atoms with Gasteiger partial charge in [-0.3, -0.25) is 4.79 Å². The number of nitrogens with one attached hydrogen (secondary N) is 1. The fourth-order valence-electron chi connectivity index (χ4n) is 4.53. The van der Waals surface area contributed by atoms with E-state index in [0.717, 1.165) is 17.5 Å². The highest BCUT2D eigenvalue weighted by Crippen LogP contribution is 2.36. The van der Waals surface area contributed by atoms with E-state index in [9.17, 15) is 14.0 Å². The second-order valence-electron chi connectivity index (χ2n) is 9.68. The summed E-state index contributed by atoms with van der Waals surface area (Å²) >= 11 is 0. The minimum atomic E-state index is -0.574. The van der Waals surface area contributed by atoms with Crippen LogP contribution in [0.3, 0.4) is 0 Å². The van der Waals surface area contributed by atoms with Crippen molar-refractivity contribution in [3.8, 4) is 0 Å². The van der Waals surface area contributed by atoms with Crippen molar-refractivity contribution in [2.45, 2.75) is 63.8 Å². The molecule has 0 bridgehead atoms. The van der Waals surface area contributed by atoms with Gasteiger partial charge in [-0.05, 0) is 68.9 Å². The van der Waals surface area contributed by atoms with E-state index in [1.165, 1.54) is 17.7 Å². The number of hydrogen-bond donors (Lipinski definition) is 1. The Morgan fingerprint density at radius 2 is 1.82 bits per heavy atom. The first kappa shape index (κ1) is 23.2. The number of nitrogens with zero attached hydrogens (tertiary/aromatic N) is 1. The fourth-order valence-corrected chi connectivity index (χ4v) is 4.53. The summed E-state index contributed by atoms with van der Waals surface area (Å²) in [5, 5.41) is 2.82. The van der Waals surface area contributed by atoms with E-state index in [2.05, 4.69) is 11.4 Å². The van der Waals surface area contributed by atoms with Gasteiger partial charge in [0.2, 0.25) is 0 Å². The van der Waals surface area contributed by atoms with E-state index in [1.54, 1.807) is 12.1 Å². The van der Waals surface area contributed by atoms with Gasteiger partial charge in [-0.15, -0.1) is 0 Å². The van der Waals surface area contributed by atoms with Crippen LogP contribution in [0.5, 0.6) is 0 Å². The summed E-state index contributed by atoms with van der Waals surface area (Å²) in [6, 6.07) is 13.9. The number of carbonyl (C=O) groups excluding carboxylic acids is 2. The summed E-state index contributed by atoms with van der Waals surface area (Å²) in [6.07, 6.45) is 0.837. The lowest BCUT2D eigenvalue weighted by Crippen LogP contribution is -2.51. The molecule has 0 saturated carbocycles. The topological polar surface area (TPSA) is 67.9 Å². The summed E-state index contributed by atoms with van der Waals surface area (Å²) in [4.78, 5) is 27.4. The Balaban J connectivity index is 1.46. The van der Waals surface area contributed by atoms with Gasteiger partial charge in [0, 0.05) is 6.54 Å². The van der Waals surface area contributed by atoms with Crippen molar-refractivity contribution in [2.24, 2.45) is 0 Å². The highest BCUT2D eigenvalue weighted by molar-refractivity contribution is 5.82. The van der Waals surface area contributed by atoms with E-state index < -0.39 is 17.8 Å². The largest absolute Gasteiger partial charge is 0.444 e. The zero-order valence-corrected chi connectivity index (χ0v) is 19.3. The van der Waals surface area contributed by atoms with Crippen molar-refractivity contribution in [3.05, 3.63) is 71.0 Å². The molecule has 1 N–H and O–H groups in total. The summed E-state index contributed by atoms with van der Waals surface area (Å²) in [5.74, 6) is -0.380. The molecule has 1 fully saturated rings. The lowest BCUT2D eigenvalue weighted by Gasteiger charge is -2.40. The molecule has 2 unspecified atom stereocenters. The molecule has 0 aliphatic carbocycles. The third kappa shape index (κ3) is 5.53. The first-order valence-corrected chi connectivity index (χ1v) is 11.5. The van der Waals surface area contributed by atoms with Crippen LogP contribution in [0.1, 0.15) is 56.3 Å². The molecule has 1 saturated heterocycles.